The van der Waals surface area contributed by atoms with Crippen LogP contribution in [0.25, 0.3) is 11.4 Å². The molecule has 4 heterocycles. The third-order valence-corrected chi connectivity index (χ3v) is 8.17. The van der Waals surface area contributed by atoms with Gasteiger partial charge in [0.1, 0.15) is 17.8 Å². The number of rotatable bonds is 6. The minimum Gasteiger partial charge on any atom is -0.444 e. The number of hydrogen-bond donors (Lipinski definition) is 1. The maximum absolute atomic E-state index is 14.1. The number of benzene rings is 1. The van der Waals surface area contributed by atoms with Crippen LogP contribution in [0.15, 0.2) is 29.1 Å². The number of nitrogens with one attached hydrogen (secondary N) is 1. The molecular formula is C31H37ClF3N7O5. The average Bonchev–Trinajstić information content (AvgIpc) is 3.44. The molecule has 1 atom stereocenters. The van der Waals surface area contributed by atoms with Crippen LogP contribution in [-0.2, 0) is 33.4 Å². The van der Waals surface area contributed by atoms with Crippen LogP contribution in [0.4, 0.5) is 29.3 Å². The predicted octanol–water partition coefficient (Wildman–Crippen LogP) is 5.01. The van der Waals surface area contributed by atoms with Gasteiger partial charge in [-0.15, -0.1) is 5.10 Å². The highest BCUT2D eigenvalue weighted by Gasteiger charge is 2.34. The summed E-state index contributed by atoms with van der Waals surface area (Å²) in [6.45, 7) is 10.5. The van der Waals surface area contributed by atoms with Gasteiger partial charge in [0.05, 0.1) is 35.2 Å². The molecule has 1 saturated heterocycles. The standard InChI is InChI=1S/C31H37ClF3N7O5/c1-6-23-25(39-11-12-40(18(2)16-39)29(45)47-30(3,4)5)27(44)42-28(37-26(38-42)19-9-13-46-14-10-19)41(23)17-24(43)36-22-8-7-20(15-21(22)32)31(33,34)35/h7-9,15,18H,6,10-14,16-17H2,1-5H3,(H,36,43)/t18-/m1/s1. The van der Waals surface area contributed by atoms with Crippen LogP contribution < -0.4 is 15.8 Å². The zero-order valence-corrected chi connectivity index (χ0v) is 27.5. The molecule has 1 N–H and O–H groups in total. The Kier molecular flexibility index (Phi) is 9.60. The Hall–Kier alpha value is -4.11. The lowest BCUT2D eigenvalue weighted by molar-refractivity contribution is -0.137. The Labute approximate surface area is 274 Å². The number of anilines is 2. The third kappa shape index (κ3) is 7.40. The summed E-state index contributed by atoms with van der Waals surface area (Å²) >= 11 is 6.11. The minimum absolute atomic E-state index is 0.00149. The van der Waals surface area contributed by atoms with Crippen molar-refractivity contribution in [2.75, 3.05) is 43.1 Å². The van der Waals surface area contributed by atoms with E-state index < -0.39 is 34.9 Å². The molecule has 0 spiro atoms. The number of fused-ring (bicyclic) bond motifs is 1. The van der Waals surface area contributed by atoms with Crippen molar-refractivity contribution in [1.82, 2.24) is 24.1 Å². The highest BCUT2D eigenvalue weighted by atomic mass is 35.5. The van der Waals surface area contributed by atoms with E-state index in [9.17, 15) is 27.6 Å². The molecule has 2 aromatic heterocycles. The summed E-state index contributed by atoms with van der Waals surface area (Å²) in [6.07, 6.45) is -2.34. The number of piperazine rings is 1. The van der Waals surface area contributed by atoms with E-state index in [2.05, 4.69) is 15.4 Å². The third-order valence-electron chi connectivity index (χ3n) is 7.85. The van der Waals surface area contributed by atoms with Gasteiger partial charge in [-0.3, -0.25) is 9.59 Å². The number of carbonyl (C=O) groups excluding carboxylic acids is 2. The molecule has 254 valence electrons. The number of aromatic nitrogens is 4. The fourth-order valence-corrected chi connectivity index (χ4v) is 5.90. The van der Waals surface area contributed by atoms with Crippen molar-refractivity contribution in [3.63, 3.8) is 0 Å². The second-order valence-corrected chi connectivity index (χ2v) is 12.9. The molecule has 1 aromatic carbocycles. The van der Waals surface area contributed by atoms with Gasteiger partial charge in [-0.1, -0.05) is 24.6 Å². The fraction of sp³-hybridized carbons (Fsp3) is 0.516. The summed E-state index contributed by atoms with van der Waals surface area (Å²) in [7, 11) is 0. The first kappa shape index (κ1) is 34.2. The van der Waals surface area contributed by atoms with E-state index in [1.807, 2.05) is 24.8 Å². The van der Waals surface area contributed by atoms with Gasteiger partial charge in [-0.2, -0.15) is 22.7 Å². The van der Waals surface area contributed by atoms with Crippen molar-refractivity contribution in [2.24, 2.45) is 0 Å². The molecule has 12 nitrogen and oxygen atoms in total. The average molecular weight is 680 g/mol. The number of ether oxygens (including phenoxy) is 2. The summed E-state index contributed by atoms with van der Waals surface area (Å²) < 4.78 is 53.2. The van der Waals surface area contributed by atoms with Crippen LogP contribution in [0.5, 0.6) is 0 Å². The van der Waals surface area contributed by atoms with Gasteiger partial charge in [0.2, 0.25) is 11.7 Å². The van der Waals surface area contributed by atoms with Crippen molar-refractivity contribution in [1.29, 1.82) is 0 Å². The highest BCUT2D eigenvalue weighted by molar-refractivity contribution is 6.33. The Bertz CT molecular complexity index is 1780. The van der Waals surface area contributed by atoms with E-state index in [0.717, 1.165) is 23.8 Å². The van der Waals surface area contributed by atoms with E-state index in [1.165, 1.54) is 4.52 Å². The maximum Gasteiger partial charge on any atom is 0.416 e. The topological polar surface area (TPSA) is 123 Å². The van der Waals surface area contributed by atoms with Crippen molar-refractivity contribution < 1.29 is 32.2 Å². The number of carbonyl (C=O) groups is 2. The molecule has 16 heteroatoms. The second kappa shape index (κ2) is 13.2. The molecule has 0 saturated carbocycles. The summed E-state index contributed by atoms with van der Waals surface area (Å²) in [5.41, 5.74) is -0.420. The van der Waals surface area contributed by atoms with Gasteiger partial charge in [-0.05, 0) is 64.3 Å². The van der Waals surface area contributed by atoms with Gasteiger partial charge in [0, 0.05) is 25.7 Å². The number of nitrogens with zero attached hydrogens (tertiary/aromatic N) is 6. The van der Waals surface area contributed by atoms with Crippen LogP contribution in [0.3, 0.4) is 0 Å². The summed E-state index contributed by atoms with van der Waals surface area (Å²) in [4.78, 5) is 48.6. The predicted molar refractivity (Wildman–Crippen MR) is 170 cm³/mol. The van der Waals surface area contributed by atoms with E-state index in [1.54, 1.807) is 30.2 Å². The Balaban J connectivity index is 1.53. The molecule has 1 fully saturated rings. The van der Waals surface area contributed by atoms with Crippen LogP contribution in [0, 0.1) is 0 Å². The Morgan fingerprint density at radius 1 is 1.19 bits per heavy atom. The quantitative estimate of drug-likeness (QED) is 0.386. The van der Waals surface area contributed by atoms with Crippen molar-refractivity contribution in [3.05, 3.63) is 56.7 Å². The molecule has 2 aliphatic heterocycles. The highest BCUT2D eigenvalue weighted by Crippen LogP contribution is 2.34. The number of amides is 2. The van der Waals surface area contributed by atoms with Gasteiger partial charge < -0.3 is 29.2 Å². The lowest BCUT2D eigenvalue weighted by atomic mass is 10.1. The lowest BCUT2D eigenvalue weighted by Crippen LogP contribution is -2.56. The first-order valence-electron chi connectivity index (χ1n) is 15.3. The van der Waals surface area contributed by atoms with Crippen LogP contribution in [-0.4, -0.2) is 80.6 Å². The van der Waals surface area contributed by atoms with Gasteiger partial charge in [-0.25, -0.2) is 4.79 Å². The molecule has 5 rings (SSSR count). The zero-order valence-electron chi connectivity index (χ0n) is 26.8. The van der Waals surface area contributed by atoms with Crippen molar-refractivity contribution in [3.8, 4) is 0 Å². The molecule has 47 heavy (non-hydrogen) atoms. The zero-order chi connectivity index (χ0) is 34.3. The van der Waals surface area contributed by atoms with E-state index >= 15 is 0 Å². The molecule has 3 aromatic rings. The van der Waals surface area contributed by atoms with Gasteiger partial charge >= 0.3 is 12.3 Å². The van der Waals surface area contributed by atoms with E-state index in [-0.39, 0.29) is 29.1 Å². The summed E-state index contributed by atoms with van der Waals surface area (Å²) in [5, 5.41) is 6.86. The normalized spacial score (nSPS) is 17.6. The summed E-state index contributed by atoms with van der Waals surface area (Å²) in [6, 6.07) is 2.36. The monoisotopic (exact) mass is 679 g/mol. The fourth-order valence-electron chi connectivity index (χ4n) is 5.67. The van der Waals surface area contributed by atoms with Crippen LogP contribution in [0.2, 0.25) is 5.02 Å². The van der Waals surface area contributed by atoms with Crippen molar-refractivity contribution >= 4 is 46.3 Å². The summed E-state index contributed by atoms with van der Waals surface area (Å²) in [5.74, 6) is -0.143. The van der Waals surface area contributed by atoms with Gasteiger partial charge in [0.25, 0.3) is 5.56 Å². The molecule has 0 bridgehead atoms. The Morgan fingerprint density at radius 2 is 1.94 bits per heavy atom. The minimum atomic E-state index is -4.60. The SMILES string of the molecule is CCc1c(N2CCN(C(=O)OC(C)(C)C)[C@H](C)C2)c(=O)n2nc(C3=CCOCC3)nc2n1CC(=O)Nc1ccc(C(F)(F)F)cc1Cl. The molecule has 0 unspecified atom stereocenters. The Morgan fingerprint density at radius 3 is 2.53 bits per heavy atom. The van der Waals surface area contributed by atoms with E-state index in [0.29, 0.717) is 62.9 Å². The van der Waals surface area contributed by atoms with E-state index in [4.69, 9.17) is 21.1 Å². The molecule has 0 aliphatic carbocycles. The second-order valence-electron chi connectivity index (χ2n) is 12.5. The number of hydrogen-bond acceptors (Lipinski definition) is 8. The first-order valence-corrected chi connectivity index (χ1v) is 15.7. The van der Waals surface area contributed by atoms with Crippen LogP contribution >= 0.6 is 11.6 Å². The largest absolute Gasteiger partial charge is 0.444 e. The smallest absolute Gasteiger partial charge is 0.416 e. The molecule has 2 amide bonds. The lowest BCUT2D eigenvalue weighted by Gasteiger charge is -2.41. The van der Waals surface area contributed by atoms with Gasteiger partial charge in [0.15, 0.2) is 5.82 Å². The number of alkyl halides is 3. The molecule has 0 radical (unpaired) electrons. The number of halogens is 4. The maximum atomic E-state index is 14.1. The first-order chi connectivity index (χ1) is 22.1. The molecular weight excluding hydrogens is 643 g/mol. The van der Waals surface area contributed by atoms with Crippen LogP contribution in [0.1, 0.15) is 58.1 Å². The molecule has 2 aliphatic rings. The van der Waals surface area contributed by atoms with Crippen molar-refractivity contribution in [2.45, 2.75) is 71.8 Å².